The fourth-order valence-electron chi connectivity index (χ4n) is 3.21. The number of carbonyl (C=O) groups is 1. The van der Waals surface area contributed by atoms with Gasteiger partial charge in [-0.3, -0.25) is 4.98 Å². The molecule has 2 amide bonds. The molecule has 6 heteroatoms. The molecule has 1 N–H and O–H groups in total. The van der Waals surface area contributed by atoms with Gasteiger partial charge in [-0.25, -0.2) is 9.18 Å². The molecule has 3 rings (SSSR count). The van der Waals surface area contributed by atoms with Crippen LogP contribution < -0.4 is 5.32 Å². The minimum atomic E-state index is -0.325. The molecule has 2 aliphatic rings. The normalized spacial score (nSPS) is 20.0. The second-order valence-corrected chi connectivity index (χ2v) is 6.09. The standard InChI is InChI=1S/C16H23FN4O/c17-14-12-18-7-4-15(14)19-13-5-10-21(11-6-13)16(22)20-8-2-1-3-9-20/h4,7,12-13H,1-3,5-6,8-11H2,(H,18,19). The second-order valence-electron chi connectivity index (χ2n) is 6.09. The minimum Gasteiger partial charge on any atom is -0.380 e. The predicted molar refractivity (Wildman–Crippen MR) is 83.2 cm³/mol. The number of piperidine rings is 2. The van der Waals surface area contributed by atoms with Crippen molar-refractivity contribution in [3.63, 3.8) is 0 Å². The molecular weight excluding hydrogens is 283 g/mol. The van der Waals surface area contributed by atoms with Gasteiger partial charge >= 0.3 is 6.03 Å². The fraction of sp³-hybridized carbons (Fsp3) is 0.625. The SMILES string of the molecule is O=C(N1CCCCC1)N1CCC(Nc2ccncc2F)CC1. The molecule has 2 fully saturated rings. The highest BCUT2D eigenvalue weighted by Crippen LogP contribution is 2.20. The van der Waals surface area contributed by atoms with E-state index in [-0.39, 0.29) is 17.9 Å². The minimum absolute atomic E-state index is 0.174. The molecule has 22 heavy (non-hydrogen) atoms. The monoisotopic (exact) mass is 306 g/mol. The van der Waals surface area contributed by atoms with Crippen LogP contribution in [0.2, 0.25) is 0 Å². The number of anilines is 1. The van der Waals surface area contributed by atoms with Crippen molar-refractivity contribution < 1.29 is 9.18 Å². The van der Waals surface area contributed by atoms with E-state index in [0.29, 0.717) is 5.69 Å². The van der Waals surface area contributed by atoms with E-state index >= 15 is 0 Å². The summed E-state index contributed by atoms with van der Waals surface area (Å²) in [5.41, 5.74) is 0.496. The lowest BCUT2D eigenvalue weighted by atomic mass is 10.0. The lowest BCUT2D eigenvalue weighted by molar-refractivity contribution is 0.133. The summed E-state index contributed by atoms with van der Waals surface area (Å²) in [5, 5.41) is 3.22. The summed E-state index contributed by atoms with van der Waals surface area (Å²) >= 11 is 0. The van der Waals surface area contributed by atoms with Gasteiger partial charge in [-0.2, -0.15) is 0 Å². The largest absolute Gasteiger partial charge is 0.380 e. The van der Waals surface area contributed by atoms with Gasteiger partial charge in [-0.05, 0) is 38.2 Å². The van der Waals surface area contributed by atoms with E-state index in [9.17, 15) is 9.18 Å². The molecule has 1 aromatic rings. The molecule has 2 aliphatic heterocycles. The van der Waals surface area contributed by atoms with Crippen molar-refractivity contribution in [2.45, 2.75) is 38.1 Å². The molecule has 0 spiro atoms. The zero-order valence-corrected chi connectivity index (χ0v) is 12.8. The zero-order chi connectivity index (χ0) is 15.4. The molecule has 0 atom stereocenters. The number of hydrogen-bond donors (Lipinski definition) is 1. The highest BCUT2D eigenvalue weighted by molar-refractivity contribution is 5.74. The van der Waals surface area contributed by atoms with E-state index in [2.05, 4.69) is 10.3 Å². The number of hydrogen-bond acceptors (Lipinski definition) is 3. The maximum atomic E-state index is 13.6. The first-order chi connectivity index (χ1) is 10.7. The van der Waals surface area contributed by atoms with Crippen LogP contribution in [0.1, 0.15) is 32.1 Å². The lowest BCUT2D eigenvalue weighted by Crippen LogP contribution is -2.49. The van der Waals surface area contributed by atoms with Crippen molar-refractivity contribution >= 4 is 11.7 Å². The van der Waals surface area contributed by atoms with Gasteiger partial charge < -0.3 is 15.1 Å². The van der Waals surface area contributed by atoms with Gasteiger partial charge in [0.2, 0.25) is 0 Å². The number of amides is 2. The maximum Gasteiger partial charge on any atom is 0.319 e. The van der Waals surface area contributed by atoms with Crippen LogP contribution in [0.25, 0.3) is 0 Å². The maximum absolute atomic E-state index is 13.6. The van der Waals surface area contributed by atoms with Gasteiger partial charge in [-0.1, -0.05) is 0 Å². The third kappa shape index (κ3) is 3.48. The summed E-state index contributed by atoms with van der Waals surface area (Å²) < 4.78 is 13.6. The highest BCUT2D eigenvalue weighted by atomic mass is 19.1. The number of halogens is 1. The van der Waals surface area contributed by atoms with Crippen LogP contribution in [0.4, 0.5) is 14.9 Å². The Hall–Kier alpha value is -1.85. The number of pyridine rings is 1. The van der Waals surface area contributed by atoms with Crippen LogP contribution in [0.5, 0.6) is 0 Å². The number of rotatable bonds is 2. The number of aromatic nitrogens is 1. The van der Waals surface area contributed by atoms with Gasteiger partial charge in [0.05, 0.1) is 11.9 Å². The predicted octanol–water partition coefficient (Wildman–Crippen LogP) is 2.70. The Morgan fingerprint density at radius 3 is 2.50 bits per heavy atom. The van der Waals surface area contributed by atoms with Crippen molar-refractivity contribution in [1.29, 1.82) is 0 Å². The lowest BCUT2D eigenvalue weighted by Gasteiger charge is -2.37. The Morgan fingerprint density at radius 1 is 1.14 bits per heavy atom. The van der Waals surface area contributed by atoms with Crippen LogP contribution in [0, 0.1) is 5.82 Å². The van der Waals surface area contributed by atoms with Crippen molar-refractivity contribution in [2.75, 3.05) is 31.5 Å². The smallest absolute Gasteiger partial charge is 0.319 e. The van der Waals surface area contributed by atoms with E-state index in [1.807, 2.05) is 9.80 Å². The Bertz CT molecular complexity index is 511. The molecular formula is C16H23FN4O. The van der Waals surface area contributed by atoms with E-state index in [4.69, 9.17) is 0 Å². The molecule has 0 bridgehead atoms. The molecule has 0 aromatic carbocycles. The molecule has 3 heterocycles. The number of nitrogens with one attached hydrogen (secondary N) is 1. The quantitative estimate of drug-likeness (QED) is 0.914. The van der Waals surface area contributed by atoms with Crippen LogP contribution in [0.15, 0.2) is 18.5 Å². The van der Waals surface area contributed by atoms with Gasteiger partial charge in [-0.15, -0.1) is 0 Å². The zero-order valence-electron chi connectivity index (χ0n) is 12.8. The van der Waals surface area contributed by atoms with Crippen molar-refractivity contribution in [3.8, 4) is 0 Å². The molecule has 0 radical (unpaired) electrons. The Labute approximate surface area is 130 Å². The van der Waals surface area contributed by atoms with Crippen LogP contribution >= 0.6 is 0 Å². The Morgan fingerprint density at radius 2 is 1.82 bits per heavy atom. The number of nitrogens with zero attached hydrogens (tertiary/aromatic N) is 3. The second kappa shape index (κ2) is 6.94. The van der Waals surface area contributed by atoms with Crippen molar-refractivity contribution in [1.82, 2.24) is 14.8 Å². The van der Waals surface area contributed by atoms with Gasteiger partial charge in [0, 0.05) is 38.4 Å². The van der Waals surface area contributed by atoms with Gasteiger partial charge in [0.1, 0.15) is 0 Å². The molecule has 0 saturated carbocycles. The summed E-state index contributed by atoms with van der Waals surface area (Å²) in [6.45, 7) is 3.25. The van der Waals surface area contributed by atoms with E-state index in [0.717, 1.165) is 51.9 Å². The summed E-state index contributed by atoms with van der Waals surface area (Å²) in [5.74, 6) is -0.325. The van der Waals surface area contributed by atoms with Crippen molar-refractivity contribution in [2.24, 2.45) is 0 Å². The fourth-order valence-corrected chi connectivity index (χ4v) is 3.21. The van der Waals surface area contributed by atoms with Crippen LogP contribution in [0.3, 0.4) is 0 Å². The summed E-state index contributed by atoms with van der Waals surface area (Å²) in [7, 11) is 0. The van der Waals surface area contributed by atoms with Crippen LogP contribution in [-0.2, 0) is 0 Å². The van der Waals surface area contributed by atoms with Gasteiger partial charge in [0.15, 0.2) is 5.82 Å². The number of urea groups is 1. The molecule has 0 aliphatic carbocycles. The molecule has 120 valence electrons. The van der Waals surface area contributed by atoms with E-state index < -0.39 is 0 Å². The molecule has 0 unspecified atom stereocenters. The van der Waals surface area contributed by atoms with E-state index in [1.54, 1.807) is 12.3 Å². The van der Waals surface area contributed by atoms with Crippen molar-refractivity contribution in [3.05, 3.63) is 24.3 Å². The third-order valence-corrected chi connectivity index (χ3v) is 4.52. The summed E-state index contributed by atoms with van der Waals surface area (Å²) in [4.78, 5) is 20.1. The topological polar surface area (TPSA) is 48.5 Å². The Balaban J connectivity index is 1.50. The third-order valence-electron chi connectivity index (χ3n) is 4.52. The highest BCUT2D eigenvalue weighted by Gasteiger charge is 2.27. The first kappa shape index (κ1) is 15.1. The van der Waals surface area contributed by atoms with E-state index in [1.165, 1.54) is 12.6 Å². The molecule has 5 nitrogen and oxygen atoms in total. The number of carbonyl (C=O) groups excluding carboxylic acids is 1. The average molecular weight is 306 g/mol. The summed E-state index contributed by atoms with van der Waals surface area (Å²) in [6.07, 6.45) is 7.96. The average Bonchev–Trinajstić information content (AvgIpc) is 2.58. The van der Waals surface area contributed by atoms with Crippen LogP contribution in [-0.4, -0.2) is 53.0 Å². The van der Waals surface area contributed by atoms with Gasteiger partial charge in [0.25, 0.3) is 0 Å². The molecule has 2 saturated heterocycles. The number of likely N-dealkylation sites (tertiary alicyclic amines) is 2. The first-order valence-corrected chi connectivity index (χ1v) is 8.14. The molecule has 1 aromatic heterocycles. The summed E-state index contributed by atoms with van der Waals surface area (Å²) in [6, 6.07) is 2.04. The first-order valence-electron chi connectivity index (χ1n) is 8.14. The Kier molecular flexibility index (Phi) is 4.75.